The lowest BCUT2D eigenvalue weighted by Crippen LogP contribution is -2.46. The van der Waals surface area contributed by atoms with E-state index in [-0.39, 0.29) is 30.7 Å². The van der Waals surface area contributed by atoms with E-state index in [9.17, 15) is 9.18 Å². The van der Waals surface area contributed by atoms with Crippen molar-refractivity contribution < 1.29 is 18.7 Å². The van der Waals surface area contributed by atoms with Crippen molar-refractivity contribution in [2.75, 3.05) is 6.79 Å². The quantitative estimate of drug-likeness (QED) is 0.832. The van der Waals surface area contributed by atoms with Crippen LogP contribution in [-0.4, -0.2) is 24.9 Å². The maximum atomic E-state index is 13.1. The van der Waals surface area contributed by atoms with Crippen molar-refractivity contribution in [1.29, 1.82) is 0 Å². The van der Waals surface area contributed by atoms with E-state index in [1.165, 1.54) is 12.1 Å². The van der Waals surface area contributed by atoms with Gasteiger partial charge < -0.3 is 20.1 Å². The van der Waals surface area contributed by atoms with Crippen LogP contribution in [0.25, 0.3) is 0 Å². The summed E-state index contributed by atoms with van der Waals surface area (Å²) >= 11 is 0. The van der Waals surface area contributed by atoms with Crippen LogP contribution in [0.2, 0.25) is 0 Å². The summed E-state index contributed by atoms with van der Waals surface area (Å²) < 4.78 is 23.9. The Morgan fingerprint density at radius 2 is 1.65 bits per heavy atom. The standard InChI is InChI=1S/C20H23FN2O3/c1-13(2)22-20(24)23-17(9-14-3-6-16(21)7-4-14)10-15-5-8-18-19(11-15)26-12-25-18/h3-8,11,13,17H,9-10,12H2,1-2H3,(H2,22,23,24)/t17-/m0/s1. The average molecular weight is 358 g/mol. The summed E-state index contributed by atoms with van der Waals surface area (Å²) in [7, 11) is 0. The van der Waals surface area contributed by atoms with Gasteiger partial charge in [0.15, 0.2) is 11.5 Å². The number of halogens is 1. The summed E-state index contributed by atoms with van der Waals surface area (Å²) in [5.41, 5.74) is 1.99. The molecule has 2 N–H and O–H groups in total. The molecular formula is C20H23FN2O3. The molecule has 1 heterocycles. The smallest absolute Gasteiger partial charge is 0.315 e. The molecule has 6 heteroatoms. The highest BCUT2D eigenvalue weighted by molar-refractivity contribution is 5.74. The minimum Gasteiger partial charge on any atom is -0.454 e. The summed E-state index contributed by atoms with van der Waals surface area (Å²) in [4.78, 5) is 12.2. The Morgan fingerprint density at radius 3 is 2.38 bits per heavy atom. The monoisotopic (exact) mass is 358 g/mol. The van der Waals surface area contributed by atoms with Gasteiger partial charge in [-0.3, -0.25) is 0 Å². The molecule has 138 valence electrons. The fraction of sp³-hybridized carbons (Fsp3) is 0.350. The molecule has 5 nitrogen and oxygen atoms in total. The highest BCUT2D eigenvalue weighted by Crippen LogP contribution is 2.32. The number of urea groups is 1. The number of fused-ring (bicyclic) bond motifs is 1. The van der Waals surface area contributed by atoms with Gasteiger partial charge in [0, 0.05) is 12.1 Å². The lowest BCUT2D eigenvalue weighted by Gasteiger charge is -2.21. The number of nitrogens with one attached hydrogen (secondary N) is 2. The van der Waals surface area contributed by atoms with Crippen LogP contribution in [0.1, 0.15) is 25.0 Å². The number of carbonyl (C=O) groups excluding carboxylic acids is 1. The number of benzene rings is 2. The number of amides is 2. The second kappa shape index (κ2) is 8.08. The molecule has 1 aliphatic rings. The first kappa shape index (κ1) is 18.0. The van der Waals surface area contributed by atoms with Crippen molar-refractivity contribution >= 4 is 6.03 Å². The zero-order valence-corrected chi connectivity index (χ0v) is 14.9. The third-order valence-corrected chi connectivity index (χ3v) is 4.07. The summed E-state index contributed by atoms with van der Waals surface area (Å²) in [5.74, 6) is 1.18. The molecule has 1 aliphatic heterocycles. The molecule has 2 aromatic carbocycles. The Bertz CT molecular complexity index is 762. The van der Waals surface area contributed by atoms with Crippen LogP contribution >= 0.6 is 0 Å². The molecule has 0 unspecified atom stereocenters. The van der Waals surface area contributed by atoms with Crippen LogP contribution < -0.4 is 20.1 Å². The van der Waals surface area contributed by atoms with Crippen LogP contribution in [0.4, 0.5) is 9.18 Å². The minimum absolute atomic E-state index is 0.0482. The van der Waals surface area contributed by atoms with E-state index < -0.39 is 0 Å². The molecule has 26 heavy (non-hydrogen) atoms. The van der Waals surface area contributed by atoms with Crippen molar-refractivity contribution in [3.63, 3.8) is 0 Å². The van der Waals surface area contributed by atoms with Crippen LogP contribution in [0.3, 0.4) is 0 Å². The predicted molar refractivity (Wildman–Crippen MR) is 97.0 cm³/mol. The van der Waals surface area contributed by atoms with Crippen molar-refractivity contribution in [3.8, 4) is 11.5 Å². The van der Waals surface area contributed by atoms with Gasteiger partial charge in [0.25, 0.3) is 0 Å². The molecule has 0 aliphatic carbocycles. The number of rotatable bonds is 6. The topological polar surface area (TPSA) is 59.6 Å². The van der Waals surface area contributed by atoms with Gasteiger partial charge in [0.1, 0.15) is 5.82 Å². The molecule has 1 atom stereocenters. The average Bonchev–Trinajstić information content (AvgIpc) is 3.04. The first-order valence-electron chi connectivity index (χ1n) is 8.69. The third kappa shape index (κ3) is 4.88. The first-order valence-corrected chi connectivity index (χ1v) is 8.69. The minimum atomic E-state index is -0.272. The fourth-order valence-electron chi connectivity index (χ4n) is 2.92. The van der Waals surface area contributed by atoms with E-state index in [2.05, 4.69) is 10.6 Å². The van der Waals surface area contributed by atoms with Crippen molar-refractivity contribution in [2.45, 2.75) is 38.8 Å². The molecule has 0 aromatic heterocycles. The lowest BCUT2D eigenvalue weighted by atomic mass is 9.98. The summed E-state index contributed by atoms with van der Waals surface area (Å²) in [5, 5.41) is 5.85. The van der Waals surface area contributed by atoms with Crippen LogP contribution in [0.15, 0.2) is 42.5 Å². The van der Waals surface area contributed by atoms with E-state index in [4.69, 9.17) is 9.47 Å². The van der Waals surface area contributed by atoms with Gasteiger partial charge in [-0.1, -0.05) is 18.2 Å². The number of hydrogen-bond donors (Lipinski definition) is 2. The van der Waals surface area contributed by atoms with Gasteiger partial charge in [-0.25, -0.2) is 9.18 Å². The lowest BCUT2D eigenvalue weighted by molar-refractivity contribution is 0.174. The Labute approximate surface area is 152 Å². The fourth-order valence-corrected chi connectivity index (χ4v) is 2.92. The summed E-state index contributed by atoms with van der Waals surface area (Å²) in [6.07, 6.45) is 1.22. The summed E-state index contributed by atoms with van der Waals surface area (Å²) in [6, 6.07) is 11.8. The molecular weight excluding hydrogens is 335 g/mol. The second-order valence-electron chi connectivity index (χ2n) is 6.69. The zero-order chi connectivity index (χ0) is 18.5. The van der Waals surface area contributed by atoms with E-state index in [1.54, 1.807) is 12.1 Å². The van der Waals surface area contributed by atoms with E-state index in [1.807, 2.05) is 32.0 Å². The molecule has 2 aromatic rings. The molecule has 0 saturated carbocycles. The molecule has 0 radical (unpaired) electrons. The zero-order valence-electron chi connectivity index (χ0n) is 14.9. The number of ether oxygens (including phenoxy) is 2. The maximum absolute atomic E-state index is 13.1. The van der Waals surface area contributed by atoms with Crippen LogP contribution in [0, 0.1) is 5.82 Å². The summed E-state index contributed by atoms with van der Waals surface area (Å²) in [6.45, 7) is 4.05. The molecule has 3 rings (SSSR count). The highest BCUT2D eigenvalue weighted by atomic mass is 19.1. The van der Waals surface area contributed by atoms with Gasteiger partial charge in [0.05, 0.1) is 0 Å². The van der Waals surface area contributed by atoms with E-state index >= 15 is 0 Å². The molecule has 0 fully saturated rings. The van der Waals surface area contributed by atoms with E-state index in [0.717, 1.165) is 22.6 Å². The van der Waals surface area contributed by atoms with Gasteiger partial charge in [-0.05, 0) is 62.1 Å². The first-order chi connectivity index (χ1) is 12.5. The highest BCUT2D eigenvalue weighted by Gasteiger charge is 2.18. The normalized spacial score (nSPS) is 13.5. The molecule has 0 saturated heterocycles. The Hall–Kier alpha value is -2.76. The van der Waals surface area contributed by atoms with Gasteiger partial charge in [0.2, 0.25) is 6.79 Å². The predicted octanol–water partition coefficient (Wildman–Crippen LogP) is 3.42. The SMILES string of the molecule is CC(C)NC(=O)N[C@@H](Cc1ccc(F)cc1)Cc1ccc2c(c1)OCO2. The molecule has 2 amide bonds. The van der Waals surface area contributed by atoms with Crippen molar-refractivity contribution in [3.05, 3.63) is 59.4 Å². The van der Waals surface area contributed by atoms with Crippen molar-refractivity contribution in [1.82, 2.24) is 10.6 Å². The van der Waals surface area contributed by atoms with Gasteiger partial charge in [-0.15, -0.1) is 0 Å². The maximum Gasteiger partial charge on any atom is 0.315 e. The van der Waals surface area contributed by atoms with E-state index in [0.29, 0.717) is 12.8 Å². The number of hydrogen-bond acceptors (Lipinski definition) is 3. The third-order valence-electron chi connectivity index (χ3n) is 4.07. The number of carbonyl (C=O) groups is 1. The van der Waals surface area contributed by atoms with Gasteiger partial charge >= 0.3 is 6.03 Å². The van der Waals surface area contributed by atoms with Crippen molar-refractivity contribution in [2.24, 2.45) is 0 Å². The van der Waals surface area contributed by atoms with Crippen LogP contribution in [0.5, 0.6) is 11.5 Å². The van der Waals surface area contributed by atoms with Gasteiger partial charge in [-0.2, -0.15) is 0 Å². The Kier molecular flexibility index (Phi) is 5.61. The van der Waals surface area contributed by atoms with Crippen LogP contribution in [-0.2, 0) is 12.8 Å². The Morgan fingerprint density at radius 1 is 1.00 bits per heavy atom. The molecule has 0 bridgehead atoms. The molecule has 0 spiro atoms. The largest absolute Gasteiger partial charge is 0.454 e. The second-order valence-corrected chi connectivity index (χ2v) is 6.69. The Balaban J connectivity index is 1.73.